The van der Waals surface area contributed by atoms with E-state index in [1.807, 2.05) is 6.92 Å². The van der Waals surface area contributed by atoms with Crippen molar-refractivity contribution in [2.24, 2.45) is 5.92 Å². The molecule has 0 saturated carbocycles. The summed E-state index contributed by atoms with van der Waals surface area (Å²) >= 11 is 0. The Balaban J connectivity index is 2.56. The number of hydrogen-bond acceptors (Lipinski definition) is 2. The molecule has 0 spiro atoms. The van der Waals surface area contributed by atoms with Crippen LogP contribution in [0.5, 0.6) is 0 Å². The number of rotatable bonds is 2. The van der Waals surface area contributed by atoms with Gasteiger partial charge in [-0.15, -0.1) is 0 Å². The average molecular weight is 144 g/mol. The van der Waals surface area contributed by atoms with E-state index in [0.29, 0.717) is 5.92 Å². The van der Waals surface area contributed by atoms with E-state index < -0.39 is 0 Å². The molecule has 1 rings (SSSR count). The molecular formula is C8H16O2. The van der Waals surface area contributed by atoms with Crippen LogP contribution in [0.15, 0.2) is 0 Å². The van der Waals surface area contributed by atoms with Gasteiger partial charge in [-0.2, -0.15) is 0 Å². The zero-order valence-corrected chi connectivity index (χ0v) is 7.02. The van der Waals surface area contributed by atoms with Crippen LogP contribution in [0.4, 0.5) is 0 Å². The fourth-order valence-corrected chi connectivity index (χ4v) is 1.58. The van der Waals surface area contributed by atoms with E-state index in [2.05, 4.69) is 6.92 Å². The molecule has 0 radical (unpaired) electrons. The lowest BCUT2D eigenvalue weighted by Gasteiger charge is -2.27. The average Bonchev–Trinajstić information content (AvgIpc) is 2.32. The predicted octanol–water partition coefficient (Wildman–Crippen LogP) is 1.80. The topological polar surface area (TPSA) is 18.5 Å². The van der Waals surface area contributed by atoms with Gasteiger partial charge in [-0.05, 0) is 19.8 Å². The maximum atomic E-state index is 5.47. The van der Waals surface area contributed by atoms with E-state index in [9.17, 15) is 0 Å². The van der Waals surface area contributed by atoms with Gasteiger partial charge in [0.15, 0.2) is 5.79 Å². The van der Waals surface area contributed by atoms with Crippen LogP contribution in [0, 0.1) is 5.92 Å². The zero-order valence-electron chi connectivity index (χ0n) is 7.02. The number of ether oxygens (including phenoxy) is 2. The van der Waals surface area contributed by atoms with E-state index >= 15 is 0 Å². The third-order valence-corrected chi connectivity index (χ3v) is 2.49. The minimum atomic E-state index is -0.297. The molecule has 1 heterocycles. The summed E-state index contributed by atoms with van der Waals surface area (Å²) in [5, 5.41) is 0. The lowest BCUT2D eigenvalue weighted by atomic mass is 9.97. The molecule has 1 saturated heterocycles. The molecule has 1 aliphatic rings. The molecule has 0 N–H and O–H groups in total. The Morgan fingerprint density at radius 1 is 1.70 bits per heavy atom. The van der Waals surface area contributed by atoms with Gasteiger partial charge in [0.1, 0.15) is 0 Å². The Morgan fingerprint density at radius 3 is 2.80 bits per heavy atom. The fraction of sp³-hybridized carbons (Fsp3) is 1.00. The standard InChI is InChI=1S/C8H16O2/c1-4-7-5-6-10-8(7,2)9-3/h7H,4-6H2,1-3H3/t7-,8+/m0/s1. The smallest absolute Gasteiger partial charge is 0.167 e. The summed E-state index contributed by atoms with van der Waals surface area (Å²) in [6.45, 7) is 5.05. The van der Waals surface area contributed by atoms with Crippen molar-refractivity contribution in [2.75, 3.05) is 13.7 Å². The van der Waals surface area contributed by atoms with Gasteiger partial charge in [-0.1, -0.05) is 6.92 Å². The molecular weight excluding hydrogens is 128 g/mol. The molecule has 60 valence electrons. The van der Waals surface area contributed by atoms with Crippen molar-refractivity contribution in [3.8, 4) is 0 Å². The second kappa shape index (κ2) is 2.89. The first-order chi connectivity index (χ1) is 4.73. The normalized spacial score (nSPS) is 40.5. The quantitative estimate of drug-likeness (QED) is 0.588. The highest BCUT2D eigenvalue weighted by molar-refractivity contribution is 4.79. The van der Waals surface area contributed by atoms with Crippen LogP contribution < -0.4 is 0 Å². The van der Waals surface area contributed by atoms with Crippen molar-refractivity contribution in [3.63, 3.8) is 0 Å². The maximum Gasteiger partial charge on any atom is 0.167 e. The molecule has 0 aromatic carbocycles. The molecule has 0 aromatic heterocycles. The highest BCUT2D eigenvalue weighted by atomic mass is 16.7. The molecule has 0 amide bonds. The monoisotopic (exact) mass is 144 g/mol. The minimum absolute atomic E-state index is 0.297. The largest absolute Gasteiger partial charge is 0.353 e. The van der Waals surface area contributed by atoms with Crippen molar-refractivity contribution in [3.05, 3.63) is 0 Å². The lowest BCUT2D eigenvalue weighted by Crippen LogP contribution is -2.33. The van der Waals surface area contributed by atoms with Crippen molar-refractivity contribution >= 4 is 0 Å². The van der Waals surface area contributed by atoms with Crippen LogP contribution in [0.25, 0.3) is 0 Å². The van der Waals surface area contributed by atoms with Crippen LogP contribution in [0.2, 0.25) is 0 Å². The Morgan fingerprint density at radius 2 is 2.40 bits per heavy atom. The number of hydrogen-bond donors (Lipinski definition) is 0. The molecule has 0 aliphatic carbocycles. The molecule has 2 heteroatoms. The van der Waals surface area contributed by atoms with Crippen molar-refractivity contribution < 1.29 is 9.47 Å². The maximum absolute atomic E-state index is 5.47. The first kappa shape index (κ1) is 8.02. The van der Waals surface area contributed by atoms with Crippen molar-refractivity contribution in [2.45, 2.75) is 32.5 Å². The highest BCUT2D eigenvalue weighted by Gasteiger charge is 2.38. The van der Waals surface area contributed by atoms with Crippen LogP contribution in [-0.4, -0.2) is 19.5 Å². The van der Waals surface area contributed by atoms with Gasteiger partial charge < -0.3 is 9.47 Å². The van der Waals surface area contributed by atoms with Gasteiger partial charge >= 0.3 is 0 Å². The van der Waals surface area contributed by atoms with Gasteiger partial charge in [-0.3, -0.25) is 0 Å². The summed E-state index contributed by atoms with van der Waals surface area (Å²) in [6, 6.07) is 0. The first-order valence-corrected chi connectivity index (χ1v) is 3.92. The molecule has 0 aromatic rings. The summed E-state index contributed by atoms with van der Waals surface area (Å²) in [7, 11) is 1.72. The zero-order chi connectivity index (χ0) is 7.61. The molecule has 1 fully saturated rings. The fourth-order valence-electron chi connectivity index (χ4n) is 1.58. The Bertz CT molecular complexity index is 114. The molecule has 10 heavy (non-hydrogen) atoms. The third-order valence-electron chi connectivity index (χ3n) is 2.49. The van der Waals surface area contributed by atoms with Crippen LogP contribution in [-0.2, 0) is 9.47 Å². The van der Waals surface area contributed by atoms with E-state index in [4.69, 9.17) is 9.47 Å². The second-order valence-electron chi connectivity index (χ2n) is 2.96. The Labute approximate surface area is 62.5 Å². The van der Waals surface area contributed by atoms with Gasteiger partial charge in [0.2, 0.25) is 0 Å². The van der Waals surface area contributed by atoms with Gasteiger partial charge in [0, 0.05) is 13.0 Å². The highest BCUT2D eigenvalue weighted by Crippen LogP contribution is 2.34. The summed E-state index contributed by atoms with van der Waals surface area (Å²) < 4.78 is 10.8. The Kier molecular flexibility index (Phi) is 2.32. The van der Waals surface area contributed by atoms with Gasteiger partial charge in [0.25, 0.3) is 0 Å². The third kappa shape index (κ3) is 1.18. The van der Waals surface area contributed by atoms with Crippen molar-refractivity contribution in [1.82, 2.24) is 0 Å². The Hall–Kier alpha value is -0.0800. The number of methoxy groups -OCH3 is 1. The summed E-state index contributed by atoms with van der Waals surface area (Å²) in [6.07, 6.45) is 2.28. The van der Waals surface area contributed by atoms with E-state index in [-0.39, 0.29) is 5.79 Å². The lowest BCUT2D eigenvalue weighted by molar-refractivity contribution is -0.202. The molecule has 2 nitrogen and oxygen atoms in total. The van der Waals surface area contributed by atoms with Gasteiger partial charge in [0.05, 0.1) is 6.61 Å². The second-order valence-corrected chi connectivity index (χ2v) is 2.96. The SMILES string of the molecule is CC[C@H]1CCO[C@@]1(C)OC. The van der Waals surface area contributed by atoms with E-state index in [1.54, 1.807) is 7.11 Å². The van der Waals surface area contributed by atoms with E-state index in [1.165, 1.54) is 0 Å². The van der Waals surface area contributed by atoms with Crippen molar-refractivity contribution in [1.29, 1.82) is 0 Å². The molecule has 0 bridgehead atoms. The van der Waals surface area contributed by atoms with Gasteiger partial charge in [-0.25, -0.2) is 0 Å². The minimum Gasteiger partial charge on any atom is -0.353 e. The molecule has 0 unspecified atom stereocenters. The predicted molar refractivity (Wildman–Crippen MR) is 39.8 cm³/mol. The summed E-state index contributed by atoms with van der Waals surface area (Å²) in [5.74, 6) is 0.284. The summed E-state index contributed by atoms with van der Waals surface area (Å²) in [5.41, 5.74) is 0. The van der Waals surface area contributed by atoms with E-state index in [0.717, 1.165) is 19.4 Å². The molecule has 2 atom stereocenters. The van der Waals surface area contributed by atoms with Crippen LogP contribution in [0.3, 0.4) is 0 Å². The van der Waals surface area contributed by atoms with Crippen LogP contribution >= 0.6 is 0 Å². The summed E-state index contributed by atoms with van der Waals surface area (Å²) in [4.78, 5) is 0. The first-order valence-electron chi connectivity index (χ1n) is 3.92. The van der Waals surface area contributed by atoms with Crippen LogP contribution in [0.1, 0.15) is 26.7 Å². The molecule has 1 aliphatic heterocycles.